The Bertz CT molecular complexity index is 516. The van der Waals surface area contributed by atoms with Crippen molar-refractivity contribution in [2.45, 2.75) is 33.7 Å². The van der Waals surface area contributed by atoms with Crippen LogP contribution in [0.4, 0.5) is 0 Å². The minimum atomic E-state index is -0.201. The Morgan fingerprint density at radius 1 is 1.41 bits per heavy atom. The second-order valence-electron chi connectivity index (χ2n) is 6.30. The molecule has 0 spiro atoms. The third-order valence-electron chi connectivity index (χ3n) is 3.97. The van der Waals surface area contributed by atoms with Gasteiger partial charge in [0, 0.05) is 45.0 Å². The smallest absolute Gasteiger partial charge is 0.228 e. The largest absolute Gasteiger partial charge is 0.342 e. The lowest BCUT2D eigenvalue weighted by Crippen LogP contribution is -2.37. The van der Waals surface area contributed by atoms with Gasteiger partial charge < -0.3 is 9.80 Å². The van der Waals surface area contributed by atoms with Gasteiger partial charge in [-0.25, -0.2) is 0 Å². The molecule has 1 aromatic heterocycles. The van der Waals surface area contributed by atoms with Crippen LogP contribution in [0.25, 0.3) is 0 Å². The third-order valence-corrected chi connectivity index (χ3v) is 3.97. The predicted octanol–water partition coefficient (Wildman–Crippen LogP) is 1.93. The Morgan fingerprint density at radius 3 is 2.68 bits per heavy atom. The van der Waals surface area contributed by atoms with E-state index in [-0.39, 0.29) is 17.7 Å². The van der Waals surface area contributed by atoms with E-state index in [1.807, 2.05) is 28.9 Å². The molecule has 0 saturated carbocycles. The van der Waals surface area contributed by atoms with Crippen LogP contribution in [0.5, 0.6) is 0 Å². The fourth-order valence-electron chi connectivity index (χ4n) is 2.87. The highest BCUT2D eigenvalue weighted by Crippen LogP contribution is 2.22. The zero-order valence-corrected chi connectivity index (χ0v) is 13.7. The summed E-state index contributed by atoms with van der Waals surface area (Å²) in [6.45, 7) is 8.67. The van der Waals surface area contributed by atoms with Crippen molar-refractivity contribution in [3.05, 3.63) is 30.1 Å². The summed E-state index contributed by atoms with van der Waals surface area (Å²) in [6, 6.07) is 3.83. The Kier molecular flexibility index (Phi) is 5.52. The van der Waals surface area contributed by atoms with Crippen molar-refractivity contribution < 1.29 is 9.59 Å². The molecule has 0 N–H and O–H groups in total. The molecule has 1 saturated heterocycles. The first-order valence-corrected chi connectivity index (χ1v) is 7.96. The van der Waals surface area contributed by atoms with E-state index in [2.05, 4.69) is 18.8 Å². The van der Waals surface area contributed by atoms with Gasteiger partial charge in [-0.15, -0.1) is 0 Å². The lowest BCUT2D eigenvalue weighted by Gasteiger charge is -2.24. The van der Waals surface area contributed by atoms with E-state index >= 15 is 0 Å². The van der Waals surface area contributed by atoms with Gasteiger partial charge in [-0.3, -0.25) is 14.6 Å². The Balaban J connectivity index is 1.99. The number of pyridine rings is 1. The van der Waals surface area contributed by atoms with Crippen LogP contribution in [0.1, 0.15) is 32.8 Å². The van der Waals surface area contributed by atoms with Gasteiger partial charge in [0.05, 0.1) is 5.92 Å². The maximum Gasteiger partial charge on any atom is 0.228 e. The van der Waals surface area contributed by atoms with Crippen LogP contribution in [-0.2, 0) is 16.1 Å². The number of rotatable bonds is 6. The van der Waals surface area contributed by atoms with Crippen molar-refractivity contribution in [3.8, 4) is 0 Å². The van der Waals surface area contributed by atoms with Crippen LogP contribution in [-0.4, -0.2) is 46.2 Å². The summed E-state index contributed by atoms with van der Waals surface area (Å²) in [4.78, 5) is 32.4. The van der Waals surface area contributed by atoms with E-state index in [0.29, 0.717) is 32.0 Å². The molecule has 2 rings (SSSR count). The molecule has 120 valence electrons. The van der Waals surface area contributed by atoms with E-state index in [1.165, 1.54) is 0 Å². The highest BCUT2D eigenvalue weighted by atomic mass is 16.2. The van der Waals surface area contributed by atoms with E-state index in [1.54, 1.807) is 12.4 Å². The topological polar surface area (TPSA) is 53.5 Å². The molecular weight excluding hydrogens is 278 g/mol. The minimum absolute atomic E-state index is 0.0823. The summed E-state index contributed by atoms with van der Waals surface area (Å²) < 4.78 is 0. The van der Waals surface area contributed by atoms with Crippen LogP contribution in [0.2, 0.25) is 0 Å². The van der Waals surface area contributed by atoms with Gasteiger partial charge in [0.2, 0.25) is 11.8 Å². The Hall–Kier alpha value is -1.91. The molecule has 1 atom stereocenters. The molecule has 1 aliphatic heterocycles. The first kappa shape index (κ1) is 16.5. The predicted molar refractivity (Wildman–Crippen MR) is 84.9 cm³/mol. The first-order valence-electron chi connectivity index (χ1n) is 7.96. The zero-order chi connectivity index (χ0) is 16.1. The fraction of sp³-hybridized carbons (Fsp3) is 0.588. The summed E-state index contributed by atoms with van der Waals surface area (Å²) in [5, 5.41) is 0. The average molecular weight is 303 g/mol. The first-order chi connectivity index (χ1) is 10.5. The fourth-order valence-corrected chi connectivity index (χ4v) is 2.87. The van der Waals surface area contributed by atoms with Gasteiger partial charge in [-0.2, -0.15) is 0 Å². The van der Waals surface area contributed by atoms with E-state index in [0.717, 1.165) is 12.1 Å². The van der Waals surface area contributed by atoms with Crippen molar-refractivity contribution in [1.82, 2.24) is 14.8 Å². The van der Waals surface area contributed by atoms with Gasteiger partial charge >= 0.3 is 0 Å². The summed E-state index contributed by atoms with van der Waals surface area (Å²) >= 11 is 0. The number of likely N-dealkylation sites (tertiary alicyclic amines) is 1. The standard InChI is InChI=1S/C17H25N3O2/c1-4-19(11-14-5-7-18-8-6-14)17(22)15-9-16(21)20(12-15)10-13(2)3/h5-8,13,15H,4,9-12H2,1-3H3. The number of amides is 2. The summed E-state index contributed by atoms with van der Waals surface area (Å²) in [7, 11) is 0. The molecule has 0 aliphatic carbocycles. The van der Waals surface area contributed by atoms with Crippen molar-refractivity contribution in [2.75, 3.05) is 19.6 Å². The molecule has 2 heterocycles. The molecule has 1 aliphatic rings. The number of hydrogen-bond acceptors (Lipinski definition) is 3. The maximum atomic E-state index is 12.7. The molecule has 0 aromatic carbocycles. The van der Waals surface area contributed by atoms with Gasteiger partial charge in [0.15, 0.2) is 0 Å². The Labute approximate surface area is 132 Å². The van der Waals surface area contributed by atoms with E-state index < -0.39 is 0 Å². The quantitative estimate of drug-likeness (QED) is 0.807. The number of hydrogen-bond donors (Lipinski definition) is 0. The van der Waals surface area contributed by atoms with Crippen LogP contribution in [0.15, 0.2) is 24.5 Å². The van der Waals surface area contributed by atoms with E-state index in [9.17, 15) is 9.59 Å². The summed E-state index contributed by atoms with van der Waals surface area (Å²) in [5.74, 6) is 0.413. The molecule has 0 radical (unpaired) electrons. The van der Waals surface area contributed by atoms with Crippen molar-refractivity contribution in [3.63, 3.8) is 0 Å². The number of carbonyl (C=O) groups is 2. The maximum absolute atomic E-state index is 12.7. The molecule has 1 fully saturated rings. The molecule has 1 unspecified atom stereocenters. The molecule has 22 heavy (non-hydrogen) atoms. The second kappa shape index (κ2) is 7.38. The summed E-state index contributed by atoms with van der Waals surface area (Å²) in [6.07, 6.45) is 3.81. The number of nitrogens with zero attached hydrogens (tertiary/aromatic N) is 3. The highest BCUT2D eigenvalue weighted by Gasteiger charge is 2.36. The normalized spacial score (nSPS) is 18.1. The highest BCUT2D eigenvalue weighted by molar-refractivity contribution is 5.89. The van der Waals surface area contributed by atoms with Crippen molar-refractivity contribution in [2.24, 2.45) is 11.8 Å². The van der Waals surface area contributed by atoms with Gasteiger partial charge in [0.25, 0.3) is 0 Å². The Morgan fingerprint density at radius 2 is 2.09 bits per heavy atom. The zero-order valence-electron chi connectivity index (χ0n) is 13.7. The molecular formula is C17H25N3O2. The number of carbonyl (C=O) groups excluding carboxylic acids is 2. The van der Waals surface area contributed by atoms with Gasteiger partial charge in [0.1, 0.15) is 0 Å². The molecule has 0 bridgehead atoms. The SMILES string of the molecule is CCN(Cc1ccncc1)C(=O)C1CC(=O)N(CC(C)C)C1. The molecule has 2 amide bonds. The van der Waals surface area contributed by atoms with Gasteiger partial charge in [-0.1, -0.05) is 13.8 Å². The van der Waals surface area contributed by atoms with Gasteiger partial charge in [-0.05, 0) is 30.5 Å². The lowest BCUT2D eigenvalue weighted by atomic mass is 10.1. The van der Waals surface area contributed by atoms with E-state index in [4.69, 9.17) is 0 Å². The van der Waals surface area contributed by atoms with Crippen LogP contribution >= 0.6 is 0 Å². The van der Waals surface area contributed by atoms with Crippen LogP contribution < -0.4 is 0 Å². The average Bonchev–Trinajstić information content (AvgIpc) is 2.85. The number of aromatic nitrogens is 1. The molecule has 5 nitrogen and oxygen atoms in total. The summed E-state index contributed by atoms with van der Waals surface area (Å²) in [5.41, 5.74) is 1.06. The monoisotopic (exact) mass is 303 g/mol. The lowest BCUT2D eigenvalue weighted by molar-refractivity contribution is -0.136. The van der Waals surface area contributed by atoms with Crippen molar-refractivity contribution in [1.29, 1.82) is 0 Å². The second-order valence-corrected chi connectivity index (χ2v) is 6.30. The minimum Gasteiger partial charge on any atom is -0.342 e. The molecule has 1 aromatic rings. The van der Waals surface area contributed by atoms with Crippen LogP contribution in [0.3, 0.4) is 0 Å². The van der Waals surface area contributed by atoms with Crippen molar-refractivity contribution >= 4 is 11.8 Å². The van der Waals surface area contributed by atoms with Crippen LogP contribution in [0, 0.1) is 11.8 Å². The third kappa shape index (κ3) is 4.06. The molecule has 5 heteroatoms.